The summed E-state index contributed by atoms with van der Waals surface area (Å²) < 4.78 is 80.9. The SMILES string of the molecule is CCc1csc(N[C@H](C(=O)N2C[C@H](Oc3nc(-c4ccc(C(F)(F)F)cc4)nc4c3oc3ccccc34)C[C@H]2C(=O)N[C@]2(C(=O)NS(=O)(=O)C3CC3)C[C@H]2CC)C(C)C)n1. The Kier molecular flexibility index (Phi) is 10.8. The molecule has 2 saturated carbocycles. The van der Waals surface area contributed by atoms with Crippen molar-refractivity contribution in [2.45, 2.75) is 101 Å². The predicted molar refractivity (Wildman–Crippen MR) is 217 cm³/mol. The molecule has 5 aromatic rings. The third kappa shape index (κ3) is 8.00. The van der Waals surface area contributed by atoms with Crippen LogP contribution in [-0.2, 0) is 37.0 Å². The molecule has 3 aromatic heterocycles. The van der Waals surface area contributed by atoms with Gasteiger partial charge in [0.15, 0.2) is 11.0 Å². The molecule has 3 aliphatic rings. The number of likely N-dealkylation sites (tertiary alicyclic amines) is 1. The number of aromatic nitrogens is 3. The first-order valence-electron chi connectivity index (χ1n) is 19.9. The predicted octanol–water partition coefficient (Wildman–Crippen LogP) is 6.46. The second-order valence-electron chi connectivity index (χ2n) is 16.0. The highest BCUT2D eigenvalue weighted by molar-refractivity contribution is 7.91. The van der Waals surface area contributed by atoms with E-state index in [1.807, 2.05) is 33.1 Å². The zero-order valence-electron chi connectivity index (χ0n) is 33.2. The van der Waals surface area contributed by atoms with E-state index in [1.54, 1.807) is 24.3 Å². The van der Waals surface area contributed by atoms with Gasteiger partial charge in [0.05, 0.1) is 23.1 Å². The molecule has 0 spiro atoms. The Bertz CT molecular complexity index is 2580. The number of aryl methyl sites for hydroxylation is 1. The van der Waals surface area contributed by atoms with Crippen molar-refractivity contribution in [3.8, 4) is 17.3 Å². The second kappa shape index (κ2) is 15.6. The summed E-state index contributed by atoms with van der Waals surface area (Å²) in [7, 11) is -3.91. The van der Waals surface area contributed by atoms with Gasteiger partial charge in [0.1, 0.15) is 34.8 Å². The smallest absolute Gasteiger partial charge is 0.416 e. The molecule has 60 heavy (non-hydrogen) atoms. The summed E-state index contributed by atoms with van der Waals surface area (Å²) >= 11 is 1.36. The molecule has 3 fully saturated rings. The number of thiazole rings is 1. The lowest BCUT2D eigenvalue weighted by Crippen LogP contribution is -2.58. The van der Waals surface area contributed by atoms with Crippen molar-refractivity contribution in [2.24, 2.45) is 11.8 Å². The van der Waals surface area contributed by atoms with Crippen molar-refractivity contribution in [1.29, 1.82) is 0 Å². The van der Waals surface area contributed by atoms with E-state index in [0.29, 0.717) is 47.3 Å². The fraction of sp³-hybridized carbons (Fsp3) is 0.463. The Morgan fingerprint density at radius 1 is 1.05 bits per heavy atom. The number of furan rings is 1. The number of anilines is 1. The van der Waals surface area contributed by atoms with Gasteiger partial charge < -0.3 is 24.7 Å². The van der Waals surface area contributed by atoms with Gasteiger partial charge in [0, 0.05) is 22.8 Å². The van der Waals surface area contributed by atoms with Crippen LogP contribution in [0.4, 0.5) is 18.3 Å². The van der Waals surface area contributed by atoms with Crippen LogP contribution in [-0.4, -0.2) is 81.5 Å². The summed E-state index contributed by atoms with van der Waals surface area (Å²) in [4.78, 5) is 58.1. The zero-order chi connectivity index (χ0) is 42.7. The van der Waals surface area contributed by atoms with Crippen molar-refractivity contribution >= 4 is 66.3 Å². The lowest BCUT2D eigenvalue weighted by atomic mass is 10.0. The number of carbonyl (C=O) groups excluding carboxylic acids is 3. The lowest BCUT2D eigenvalue weighted by Gasteiger charge is -2.31. The number of hydrogen-bond donors (Lipinski definition) is 3. The number of alkyl halides is 3. The van der Waals surface area contributed by atoms with Crippen LogP contribution in [0.5, 0.6) is 5.88 Å². The Hall–Kier alpha value is -5.30. The molecule has 2 aromatic carbocycles. The molecule has 1 saturated heterocycles. The standard InChI is InChI=1S/C41H44F3N7O7S2/c1-5-23-18-40(23,38(54)50-60(55,56)27-15-16-27)49-35(52)29-17-26(19-51(29)37(53)31(21(3)4)47-39-45-25(6-2)20-59-39)57-36-33-32(28-9-7-8-10-30(28)58-33)46-34(48-36)22-11-13-24(14-12-22)41(42,43)44/h7-14,20-21,23,26-27,29,31H,5-6,15-19H2,1-4H3,(H,45,47)(H,49,52)(H,50,54)/t23-,26-,29+,31+,40-/m1/s1. The highest BCUT2D eigenvalue weighted by Crippen LogP contribution is 2.47. The quantitative estimate of drug-likeness (QED) is 0.111. The second-order valence-corrected chi connectivity index (χ2v) is 18.8. The minimum Gasteiger partial charge on any atom is -0.470 e. The molecule has 14 nitrogen and oxygen atoms in total. The molecule has 3 amide bonds. The molecule has 0 radical (unpaired) electrons. The molecule has 318 valence electrons. The van der Waals surface area contributed by atoms with Crippen molar-refractivity contribution in [1.82, 2.24) is 29.9 Å². The Labute approximate surface area is 347 Å². The topological polar surface area (TPSA) is 186 Å². The molecule has 0 unspecified atom stereocenters. The number of fused-ring (bicyclic) bond motifs is 3. The number of nitrogens with one attached hydrogen (secondary N) is 3. The van der Waals surface area contributed by atoms with Crippen LogP contribution in [0.1, 0.15) is 71.1 Å². The van der Waals surface area contributed by atoms with Gasteiger partial charge >= 0.3 is 6.18 Å². The molecule has 5 atom stereocenters. The molecule has 0 bridgehead atoms. The van der Waals surface area contributed by atoms with E-state index in [2.05, 4.69) is 30.3 Å². The molecule has 19 heteroatoms. The number of hydrogen-bond acceptors (Lipinski definition) is 12. The minimum atomic E-state index is -4.55. The van der Waals surface area contributed by atoms with Crippen LogP contribution in [0.15, 0.2) is 58.3 Å². The van der Waals surface area contributed by atoms with E-state index in [1.165, 1.54) is 28.4 Å². The highest BCUT2D eigenvalue weighted by atomic mass is 32.2. The van der Waals surface area contributed by atoms with Crippen LogP contribution in [0, 0.1) is 11.8 Å². The number of rotatable bonds is 14. The number of sulfonamides is 1. The normalized spacial score (nSPS) is 22.3. The first-order chi connectivity index (χ1) is 28.5. The van der Waals surface area contributed by atoms with E-state index in [9.17, 15) is 36.0 Å². The van der Waals surface area contributed by atoms with E-state index in [-0.39, 0.29) is 54.1 Å². The van der Waals surface area contributed by atoms with Crippen molar-refractivity contribution in [2.75, 3.05) is 11.9 Å². The van der Waals surface area contributed by atoms with Gasteiger partial charge in [0.2, 0.25) is 27.4 Å². The van der Waals surface area contributed by atoms with Gasteiger partial charge in [-0.25, -0.2) is 18.4 Å². The highest BCUT2D eigenvalue weighted by Gasteiger charge is 2.62. The van der Waals surface area contributed by atoms with Gasteiger partial charge in [0.25, 0.3) is 11.8 Å². The maximum absolute atomic E-state index is 14.7. The van der Waals surface area contributed by atoms with Gasteiger partial charge in [-0.15, -0.1) is 11.3 Å². The number of benzene rings is 2. The molecule has 1 aliphatic heterocycles. The first-order valence-corrected chi connectivity index (χ1v) is 22.4. The van der Waals surface area contributed by atoms with E-state index >= 15 is 0 Å². The Balaban J connectivity index is 1.14. The number of nitrogens with zero attached hydrogens (tertiary/aromatic N) is 4. The van der Waals surface area contributed by atoms with E-state index in [4.69, 9.17) is 9.15 Å². The third-order valence-corrected chi connectivity index (χ3v) is 14.1. The zero-order valence-corrected chi connectivity index (χ0v) is 34.8. The van der Waals surface area contributed by atoms with Crippen molar-refractivity contribution in [3.05, 3.63) is 65.2 Å². The molecule has 8 rings (SSSR count). The van der Waals surface area contributed by atoms with E-state index in [0.717, 1.165) is 17.8 Å². The summed E-state index contributed by atoms with van der Waals surface area (Å²) in [5.74, 6) is -2.48. The van der Waals surface area contributed by atoms with Gasteiger partial charge in [-0.05, 0) is 61.8 Å². The molecule has 4 heterocycles. The van der Waals surface area contributed by atoms with Gasteiger partial charge in [-0.1, -0.05) is 58.4 Å². The summed E-state index contributed by atoms with van der Waals surface area (Å²) in [6.07, 6.45) is -3.18. The first kappa shape index (κ1) is 41.4. The average molecular weight is 868 g/mol. The minimum absolute atomic E-state index is 0.0488. The molecule has 2 aliphatic carbocycles. The van der Waals surface area contributed by atoms with Gasteiger partial charge in [-0.3, -0.25) is 19.1 Å². The number of amides is 3. The van der Waals surface area contributed by atoms with Crippen molar-refractivity contribution in [3.63, 3.8) is 0 Å². The maximum Gasteiger partial charge on any atom is 0.416 e. The number of ether oxygens (including phenoxy) is 1. The average Bonchev–Trinajstić information content (AvgIpc) is 4.05. The number of para-hydroxylation sites is 1. The van der Waals surface area contributed by atoms with Gasteiger partial charge in [-0.2, -0.15) is 18.2 Å². The summed E-state index contributed by atoms with van der Waals surface area (Å²) in [6.45, 7) is 7.44. The third-order valence-electron chi connectivity index (χ3n) is 11.5. The van der Waals surface area contributed by atoms with Crippen LogP contribution in [0.2, 0.25) is 0 Å². The van der Waals surface area contributed by atoms with Crippen LogP contribution < -0.4 is 20.1 Å². The summed E-state index contributed by atoms with van der Waals surface area (Å²) in [6, 6.07) is 9.46. The number of carbonyl (C=O) groups is 3. The maximum atomic E-state index is 14.7. The molecule has 3 N–H and O–H groups in total. The van der Waals surface area contributed by atoms with E-state index < -0.39 is 68.5 Å². The van der Waals surface area contributed by atoms with Crippen LogP contribution in [0.3, 0.4) is 0 Å². The summed E-state index contributed by atoms with van der Waals surface area (Å²) in [5.41, 5.74) is -0.237. The van der Waals surface area contributed by atoms with Crippen molar-refractivity contribution < 1.29 is 45.1 Å². The monoisotopic (exact) mass is 867 g/mol. The lowest BCUT2D eigenvalue weighted by molar-refractivity contribution is -0.140. The fourth-order valence-corrected chi connectivity index (χ4v) is 9.97. The summed E-state index contributed by atoms with van der Waals surface area (Å²) in [5, 5.41) is 8.50. The fourth-order valence-electron chi connectivity index (χ4n) is 7.77. The molecular formula is C41H44F3N7O7S2. The largest absolute Gasteiger partial charge is 0.470 e. The van der Waals surface area contributed by atoms with Crippen LogP contribution >= 0.6 is 11.3 Å². The Morgan fingerprint density at radius 2 is 1.78 bits per heavy atom. The molecular weight excluding hydrogens is 824 g/mol. The Morgan fingerprint density at radius 3 is 2.42 bits per heavy atom. The van der Waals surface area contributed by atoms with Crippen LogP contribution in [0.25, 0.3) is 33.5 Å². The number of halogens is 3.